The Morgan fingerprint density at radius 1 is 1.18 bits per heavy atom. The molecule has 0 aromatic heterocycles. The number of amides is 2. The summed E-state index contributed by atoms with van der Waals surface area (Å²) in [5.74, 6) is 0.912. The molecule has 2 aromatic rings. The van der Waals surface area contributed by atoms with Crippen molar-refractivity contribution in [1.29, 1.82) is 0 Å². The van der Waals surface area contributed by atoms with Gasteiger partial charge in [-0.05, 0) is 55.6 Å². The Labute approximate surface area is 169 Å². The second kappa shape index (κ2) is 9.61. The number of likely N-dealkylation sites (N-methyl/N-ethyl adjacent to an activating group) is 1. The van der Waals surface area contributed by atoms with Gasteiger partial charge in [0, 0.05) is 22.7 Å². The molecule has 0 saturated carbocycles. The summed E-state index contributed by atoms with van der Waals surface area (Å²) < 4.78 is 5.76. The van der Waals surface area contributed by atoms with Gasteiger partial charge in [0.1, 0.15) is 12.4 Å². The molecule has 6 nitrogen and oxygen atoms in total. The zero-order valence-corrected chi connectivity index (χ0v) is 17.0. The number of hydrogen-bond donors (Lipinski definition) is 2. The van der Waals surface area contributed by atoms with E-state index in [1.54, 1.807) is 12.1 Å². The molecule has 2 aromatic carbocycles. The summed E-state index contributed by atoms with van der Waals surface area (Å²) in [4.78, 5) is 27.3. The number of ether oxygens (including phenoxy) is 1. The quantitative estimate of drug-likeness (QED) is 0.708. The number of fused-ring (bicyclic) bond motifs is 1. The summed E-state index contributed by atoms with van der Waals surface area (Å²) in [7, 11) is 0. The van der Waals surface area contributed by atoms with Crippen molar-refractivity contribution in [3.63, 3.8) is 0 Å². The van der Waals surface area contributed by atoms with E-state index in [2.05, 4.69) is 29.4 Å². The fourth-order valence-corrected chi connectivity index (χ4v) is 3.68. The fraction of sp³-hybridized carbons (Fsp3) is 0.333. The summed E-state index contributed by atoms with van der Waals surface area (Å²) in [6, 6.07) is 12.7. The smallest absolute Gasteiger partial charge is 0.255 e. The highest BCUT2D eigenvalue weighted by molar-refractivity contribution is 8.00. The average molecular weight is 400 g/mol. The molecule has 0 aliphatic carbocycles. The van der Waals surface area contributed by atoms with E-state index in [0.29, 0.717) is 29.3 Å². The minimum Gasteiger partial charge on any atom is -0.492 e. The van der Waals surface area contributed by atoms with E-state index in [0.717, 1.165) is 30.3 Å². The molecule has 1 aliphatic heterocycles. The Kier molecular flexibility index (Phi) is 6.95. The van der Waals surface area contributed by atoms with Crippen molar-refractivity contribution in [1.82, 2.24) is 4.90 Å². The molecule has 3 rings (SSSR count). The third-order valence-corrected chi connectivity index (χ3v) is 5.63. The first-order chi connectivity index (χ1) is 13.6. The highest BCUT2D eigenvalue weighted by atomic mass is 32.2. The molecule has 0 atom stereocenters. The largest absolute Gasteiger partial charge is 0.492 e. The summed E-state index contributed by atoms with van der Waals surface area (Å²) in [5, 5.41) is 5.68. The van der Waals surface area contributed by atoms with Gasteiger partial charge < -0.3 is 20.3 Å². The van der Waals surface area contributed by atoms with E-state index >= 15 is 0 Å². The molecule has 1 heterocycles. The van der Waals surface area contributed by atoms with Crippen LogP contribution >= 0.6 is 11.8 Å². The van der Waals surface area contributed by atoms with E-state index in [1.807, 2.05) is 30.3 Å². The predicted molar refractivity (Wildman–Crippen MR) is 113 cm³/mol. The topological polar surface area (TPSA) is 70.7 Å². The van der Waals surface area contributed by atoms with E-state index in [4.69, 9.17) is 4.74 Å². The van der Waals surface area contributed by atoms with E-state index in [-0.39, 0.29) is 11.8 Å². The number of hydrogen-bond acceptors (Lipinski definition) is 5. The average Bonchev–Trinajstić information content (AvgIpc) is 2.72. The van der Waals surface area contributed by atoms with Crippen LogP contribution in [-0.4, -0.2) is 48.7 Å². The van der Waals surface area contributed by atoms with Gasteiger partial charge in [0.25, 0.3) is 5.91 Å². The van der Waals surface area contributed by atoms with Gasteiger partial charge in [0.2, 0.25) is 5.91 Å². The van der Waals surface area contributed by atoms with Crippen LogP contribution in [-0.2, 0) is 4.79 Å². The summed E-state index contributed by atoms with van der Waals surface area (Å²) in [6.07, 6.45) is 0. The maximum absolute atomic E-state index is 12.5. The number of carbonyl (C=O) groups excluding carboxylic acids is 2. The molecular weight excluding hydrogens is 374 g/mol. The van der Waals surface area contributed by atoms with E-state index in [9.17, 15) is 9.59 Å². The first-order valence-corrected chi connectivity index (χ1v) is 10.4. The lowest BCUT2D eigenvalue weighted by molar-refractivity contribution is -0.113. The second-order valence-electron chi connectivity index (χ2n) is 6.40. The lowest BCUT2D eigenvalue weighted by Crippen LogP contribution is -2.27. The van der Waals surface area contributed by atoms with Gasteiger partial charge >= 0.3 is 0 Å². The summed E-state index contributed by atoms with van der Waals surface area (Å²) in [6.45, 7) is 7.81. The van der Waals surface area contributed by atoms with Gasteiger partial charge in [-0.3, -0.25) is 9.59 Å². The number of carbonyl (C=O) groups is 2. The Morgan fingerprint density at radius 3 is 2.64 bits per heavy atom. The molecule has 28 heavy (non-hydrogen) atoms. The van der Waals surface area contributed by atoms with Crippen LogP contribution in [0.4, 0.5) is 11.4 Å². The molecule has 1 aliphatic rings. The number of nitrogens with zero attached hydrogens (tertiary/aromatic N) is 1. The minimum atomic E-state index is -0.220. The van der Waals surface area contributed by atoms with Crippen LogP contribution in [0.15, 0.2) is 47.4 Å². The van der Waals surface area contributed by atoms with Gasteiger partial charge in [-0.25, -0.2) is 0 Å². The Morgan fingerprint density at radius 2 is 1.93 bits per heavy atom. The van der Waals surface area contributed by atoms with Crippen molar-refractivity contribution in [2.24, 2.45) is 0 Å². The van der Waals surface area contributed by atoms with Crippen molar-refractivity contribution < 1.29 is 14.3 Å². The third kappa shape index (κ3) is 5.27. The molecule has 148 valence electrons. The number of rotatable bonds is 8. The van der Waals surface area contributed by atoms with E-state index < -0.39 is 0 Å². The third-order valence-electron chi connectivity index (χ3n) is 4.56. The van der Waals surface area contributed by atoms with Crippen molar-refractivity contribution in [3.8, 4) is 5.75 Å². The molecule has 0 saturated heterocycles. The maximum atomic E-state index is 12.5. The second-order valence-corrected chi connectivity index (χ2v) is 7.42. The molecule has 0 radical (unpaired) electrons. The Balaban J connectivity index is 1.56. The van der Waals surface area contributed by atoms with Crippen LogP contribution in [0.25, 0.3) is 0 Å². The van der Waals surface area contributed by atoms with Gasteiger partial charge in [-0.1, -0.05) is 13.8 Å². The fourth-order valence-electron chi connectivity index (χ4n) is 2.89. The van der Waals surface area contributed by atoms with E-state index in [1.165, 1.54) is 11.8 Å². The molecule has 0 fully saturated rings. The molecule has 0 spiro atoms. The minimum absolute atomic E-state index is 0.0494. The molecule has 0 bridgehead atoms. The van der Waals surface area contributed by atoms with Gasteiger partial charge in [0.05, 0.1) is 11.4 Å². The van der Waals surface area contributed by atoms with Crippen LogP contribution < -0.4 is 15.4 Å². The van der Waals surface area contributed by atoms with Crippen molar-refractivity contribution in [2.75, 3.05) is 42.6 Å². The lowest BCUT2D eigenvalue weighted by Gasteiger charge is -2.18. The SMILES string of the molecule is CCN(CC)CCOc1ccc(NC(=O)c2ccc3c(c2)NC(=O)CS3)cc1. The van der Waals surface area contributed by atoms with Gasteiger partial charge in [-0.15, -0.1) is 11.8 Å². The Hall–Kier alpha value is -2.51. The number of benzene rings is 2. The molecular formula is C21H25N3O3S. The van der Waals surface area contributed by atoms with Crippen LogP contribution in [0.3, 0.4) is 0 Å². The highest BCUT2D eigenvalue weighted by Gasteiger charge is 2.17. The molecule has 2 N–H and O–H groups in total. The van der Waals surface area contributed by atoms with Crippen LogP contribution in [0, 0.1) is 0 Å². The highest BCUT2D eigenvalue weighted by Crippen LogP contribution is 2.32. The number of anilines is 2. The van der Waals surface area contributed by atoms with Crippen LogP contribution in [0.5, 0.6) is 5.75 Å². The van der Waals surface area contributed by atoms with Gasteiger partial charge in [-0.2, -0.15) is 0 Å². The van der Waals surface area contributed by atoms with Crippen LogP contribution in [0.2, 0.25) is 0 Å². The van der Waals surface area contributed by atoms with Crippen molar-refractivity contribution >= 4 is 35.0 Å². The number of nitrogens with one attached hydrogen (secondary N) is 2. The molecule has 2 amide bonds. The summed E-state index contributed by atoms with van der Waals surface area (Å²) >= 11 is 1.47. The van der Waals surface area contributed by atoms with Gasteiger partial charge in [0.15, 0.2) is 0 Å². The monoisotopic (exact) mass is 399 g/mol. The molecule has 0 unspecified atom stereocenters. The van der Waals surface area contributed by atoms with Crippen molar-refractivity contribution in [3.05, 3.63) is 48.0 Å². The first kappa shape index (κ1) is 20.2. The summed E-state index contributed by atoms with van der Waals surface area (Å²) in [5.41, 5.74) is 1.88. The standard InChI is InChI=1S/C21H25N3O3S/c1-3-24(4-2)11-12-27-17-8-6-16(7-9-17)22-21(26)15-5-10-19-18(13-15)23-20(25)14-28-19/h5-10,13H,3-4,11-12,14H2,1-2H3,(H,22,26)(H,23,25). The van der Waals surface area contributed by atoms with Crippen molar-refractivity contribution in [2.45, 2.75) is 18.7 Å². The predicted octanol–water partition coefficient (Wildman–Crippen LogP) is 3.70. The van der Waals surface area contributed by atoms with Crippen LogP contribution in [0.1, 0.15) is 24.2 Å². The zero-order valence-electron chi connectivity index (χ0n) is 16.2. The first-order valence-electron chi connectivity index (χ1n) is 9.42. The Bertz CT molecular complexity index is 835. The maximum Gasteiger partial charge on any atom is 0.255 e. The lowest BCUT2D eigenvalue weighted by atomic mass is 10.1. The molecule has 7 heteroatoms. The zero-order chi connectivity index (χ0) is 19.9. The number of thioether (sulfide) groups is 1. The normalized spacial score (nSPS) is 13.0.